The van der Waals surface area contributed by atoms with Crippen LogP contribution >= 0.6 is 0 Å². The second kappa shape index (κ2) is 5.11. The minimum Gasteiger partial charge on any atom is -0.399 e. The number of carbonyl (C=O) groups excluding carboxylic acids is 1. The second-order valence-electron chi connectivity index (χ2n) is 3.88. The van der Waals surface area contributed by atoms with Crippen molar-refractivity contribution in [2.75, 3.05) is 32.1 Å². The Morgan fingerprint density at radius 2 is 2.53 bits per heavy atom. The summed E-state index contributed by atoms with van der Waals surface area (Å²) in [5.41, 5.74) is 6.40. The molecule has 0 radical (unpaired) electrons. The van der Waals surface area contributed by atoms with Gasteiger partial charge in [0.25, 0.3) is 5.91 Å². The van der Waals surface area contributed by atoms with E-state index in [1.807, 2.05) is 0 Å². The van der Waals surface area contributed by atoms with E-state index in [0.29, 0.717) is 31.1 Å². The van der Waals surface area contributed by atoms with Crippen molar-refractivity contribution >= 4 is 11.6 Å². The van der Waals surface area contributed by atoms with Gasteiger partial charge in [0.15, 0.2) is 0 Å². The fourth-order valence-corrected chi connectivity index (χ4v) is 1.78. The number of nitrogens with zero attached hydrogens (tertiary/aromatic N) is 2. The van der Waals surface area contributed by atoms with Crippen molar-refractivity contribution in [1.82, 2.24) is 9.88 Å². The summed E-state index contributed by atoms with van der Waals surface area (Å²) in [5, 5.41) is 9.19. The Balaban J connectivity index is 2.18. The Labute approximate surface area is 99.0 Å². The molecule has 92 valence electrons. The van der Waals surface area contributed by atoms with E-state index < -0.39 is 0 Å². The average Bonchev–Trinajstić information content (AvgIpc) is 2.38. The van der Waals surface area contributed by atoms with Gasteiger partial charge in [0.2, 0.25) is 0 Å². The highest BCUT2D eigenvalue weighted by molar-refractivity contribution is 5.93. The minimum absolute atomic E-state index is 0.117. The van der Waals surface area contributed by atoms with E-state index in [1.165, 1.54) is 12.3 Å². The topological polar surface area (TPSA) is 88.7 Å². The molecule has 1 unspecified atom stereocenters. The number of rotatable bonds is 2. The number of amides is 1. The van der Waals surface area contributed by atoms with Gasteiger partial charge in [-0.25, -0.2) is 0 Å². The Morgan fingerprint density at radius 3 is 3.24 bits per heavy atom. The Bertz CT molecular complexity index is 411. The van der Waals surface area contributed by atoms with Gasteiger partial charge in [-0.05, 0) is 12.1 Å². The Kier molecular flexibility index (Phi) is 3.55. The van der Waals surface area contributed by atoms with Gasteiger partial charge in [0, 0.05) is 18.4 Å². The molecule has 0 aliphatic carbocycles. The van der Waals surface area contributed by atoms with Crippen LogP contribution in [0.15, 0.2) is 18.3 Å². The van der Waals surface area contributed by atoms with Gasteiger partial charge < -0.3 is 20.5 Å². The number of nitrogen functional groups attached to an aromatic ring is 1. The molecule has 1 aromatic heterocycles. The molecule has 2 rings (SSSR count). The molecule has 1 saturated heterocycles. The lowest BCUT2D eigenvalue weighted by Gasteiger charge is -2.34. The zero-order valence-electron chi connectivity index (χ0n) is 9.37. The monoisotopic (exact) mass is 237 g/mol. The first kappa shape index (κ1) is 11.8. The van der Waals surface area contributed by atoms with Crippen LogP contribution in [0.4, 0.5) is 5.69 Å². The fourth-order valence-electron chi connectivity index (χ4n) is 1.78. The molecule has 1 aliphatic heterocycles. The third-order valence-corrected chi connectivity index (χ3v) is 2.70. The largest absolute Gasteiger partial charge is 0.399 e. The molecule has 3 N–H and O–H groups in total. The highest BCUT2D eigenvalue weighted by Crippen LogP contribution is 2.12. The first-order chi connectivity index (χ1) is 8.22. The molecule has 17 heavy (non-hydrogen) atoms. The number of anilines is 1. The van der Waals surface area contributed by atoms with Crippen LogP contribution in [-0.2, 0) is 4.74 Å². The molecule has 0 saturated carbocycles. The summed E-state index contributed by atoms with van der Waals surface area (Å²) in [7, 11) is 0. The van der Waals surface area contributed by atoms with Crippen molar-refractivity contribution < 1.29 is 14.6 Å². The predicted octanol–water partition coefficient (Wildman–Crippen LogP) is -0.503. The zero-order chi connectivity index (χ0) is 12.3. The maximum absolute atomic E-state index is 12.2. The van der Waals surface area contributed by atoms with Crippen LogP contribution in [0.25, 0.3) is 0 Å². The van der Waals surface area contributed by atoms with E-state index >= 15 is 0 Å². The van der Waals surface area contributed by atoms with Crippen LogP contribution in [0, 0.1) is 0 Å². The van der Waals surface area contributed by atoms with E-state index in [4.69, 9.17) is 10.5 Å². The summed E-state index contributed by atoms with van der Waals surface area (Å²) in [6, 6.07) is 2.85. The van der Waals surface area contributed by atoms with Crippen LogP contribution in [-0.4, -0.2) is 53.3 Å². The number of pyridine rings is 1. The molecule has 1 amide bonds. The number of hydrogen-bond acceptors (Lipinski definition) is 5. The SMILES string of the molecule is Nc1ccnc(C(=O)N2CCOCC2CO)c1. The van der Waals surface area contributed by atoms with Gasteiger partial charge in [-0.2, -0.15) is 0 Å². The molecule has 1 atom stereocenters. The number of aromatic nitrogens is 1. The summed E-state index contributed by atoms with van der Waals surface area (Å²) in [6.45, 7) is 1.17. The van der Waals surface area contributed by atoms with E-state index in [9.17, 15) is 9.90 Å². The van der Waals surface area contributed by atoms with Gasteiger partial charge in [0.05, 0.1) is 25.9 Å². The molecule has 0 spiro atoms. The highest BCUT2D eigenvalue weighted by atomic mass is 16.5. The minimum atomic E-state index is -0.306. The van der Waals surface area contributed by atoms with Gasteiger partial charge in [-0.3, -0.25) is 9.78 Å². The molecular weight excluding hydrogens is 222 g/mol. The summed E-state index contributed by atoms with van der Waals surface area (Å²) in [4.78, 5) is 17.7. The number of ether oxygens (including phenoxy) is 1. The molecule has 0 aromatic carbocycles. The summed E-state index contributed by atoms with van der Waals surface area (Å²) in [5.74, 6) is -0.223. The molecule has 1 aromatic rings. The summed E-state index contributed by atoms with van der Waals surface area (Å²) in [6.07, 6.45) is 1.50. The van der Waals surface area contributed by atoms with Crippen molar-refractivity contribution in [2.24, 2.45) is 0 Å². The van der Waals surface area contributed by atoms with Crippen LogP contribution in [0.5, 0.6) is 0 Å². The Hall–Kier alpha value is -1.66. The molecule has 1 aliphatic rings. The van der Waals surface area contributed by atoms with E-state index in [2.05, 4.69) is 4.98 Å². The summed E-state index contributed by atoms with van der Waals surface area (Å²) >= 11 is 0. The van der Waals surface area contributed by atoms with Gasteiger partial charge in [-0.1, -0.05) is 0 Å². The van der Waals surface area contributed by atoms with Crippen LogP contribution in [0.2, 0.25) is 0 Å². The van der Waals surface area contributed by atoms with Crippen molar-refractivity contribution in [2.45, 2.75) is 6.04 Å². The molecule has 1 fully saturated rings. The molecule has 6 heteroatoms. The van der Waals surface area contributed by atoms with Gasteiger partial charge >= 0.3 is 0 Å². The maximum atomic E-state index is 12.2. The number of nitrogens with two attached hydrogens (primary N) is 1. The van der Waals surface area contributed by atoms with Crippen molar-refractivity contribution in [3.8, 4) is 0 Å². The second-order valence-corrected chi connectivity index (χ2v) is 3.88. The number of hydrogen-bond donors (Lipinski definition) is 2. The quantitative estimate of drug-likeness (QED) is 0.723. The van der Waals surface area contributed by atoms with Gasteiger partial charge in [0.1, 0.15) is 5.69 Å². The number of morpholine rings is 1. The van der Waals surface area contributed by atoms with Crippen molar-refractivity contribution in [1.29, 1.82) is 0 Å². The summed E-state index contributed by atoms with van der Waals surface area (Å²) < 4.78 is 5.21. The standard InChI is InChI=1S/C11H15N3O3/c12-8-1-2-13-10(5-8)11(16)14-3-4-17-7-9(14)6-15/h1-2,5,9,15H,3-4,6-7H2,(H2,12,13). The van der Waals surface area contributed by atoms with Crippen LogP contribution in [0.3, 0.4) is 0 Å². The van der Waals surface area contributed by atoms with Crippen LogP contribution in [0.1, 0.15) is 10.5 Å². The lowest BCUT2D eigenvalue weighted by molar-refractivity contribution is -0.0186. The molecular formula is C11H15N3O3. The lowest BCUT2D eigenvalue weighted by atomic mass is 10.2. The normalized spacial score (nSPS) is 20.3. The highest BCUT2D eigenvalue weighted by Gasteiger charge is 2.28. The number of carbonyl (C=O) groups is 1. The van der Waals surface area contributed by atoms with E-state index in [0.717, 1.165) is 0 Å². The van der Waals surface area contributed by atoms with Crippen molar-refractivity contribution in [3.05, 3.63) is 24.0 Å². The van der Waals surface area contributed by atoms with E-state index in [1.54, 1.807) is 11.0 Å². The van der Waals surface area contributed by atoms with Crippen LogP contribution < -0.4 is 5.73 Å². The van der Waals surface area contributed by atoms with Gasteiger partial charge in [-0.15, -0.1) is 0 Å². The maximum Gasteiger partial charge on any atom is 0.273 e. The fraction of sp³-hybridized carbons (Fsp3) is 0.455. The smallest absolute Gasteiger partial charge is 0.273 e. The number of aliphatic hydroxyl groups is 1. The predicted molar refractivity (Wildman–Crippen MR) is 61.4 cm³/mol. The Morgan fingerprint density at radius 1 is 1.71 bits per heavy atom. The molecule has 6 nitrogen and oxygen atoms in total. The first-order valence-electron chi connectivity index (χ1n) is 5.43. The van der Waals surface area contributed by atoms with E-state index in [-0.39, 0.29) is 18.6 Å². The first-order valence-corrected chi connectivity index (χ1v) is 5.43. The molecule has 0 bridgehead atoms. The number of aliphatic hydroxyl groups excluding tert-OH is 1. The van der Waals surface area contributed by atoms with Crippen molar-refractivity contribution in [3.63, 3.8) is 0 Å². The lowest BCUT2D eigenvalue weighted by Crippen LogP contribution is -2.50. The average molecular weight is 237 g/mol. The molecule has 2 heterocycles. The third-order valence-electron chi connectivity index (χ3n) is 2.70. The third kappa shape index (κ3) is 2.54. The zero-order valence-corrected chi connectivity index (χ0v) is 9.37.